The van der Waals surface area contributed by atoms with Gasteiger partial charge in [0.15, 0.2) is 0 Å². The number of allylic oxidation sites excluding steroid dienone is 2. The number of hydrogen-bond acceptors (Lipinski definition) is 1. The van der Waals surface area contributed by atoms with Crippen molar-refractivity contribution >= 4 is 0 Å². The summed E-state index contributed by atoms with van der Waals surface area (Å²) in [7, 11) is 0. The molecule has 0 bridgehead atoms. The summed E-state index contributed by atoms with van der Waals surface area (Å²) < 4.78 is 5.54. The van der Waals surface area contributed by atoms with E-state index in [2.05, 4.69) is 26.8 Å². The van der Waals surface area contributed by atoms with E-state index >= 15 is 0 Å². The van der Waals surface area contributed by atoms with Crippen LogP contribution in [0.2, 0.25) is 0 Å². The van der Waals surface area contributed by atoms with Crippen LogP contribution in [0.1, 0.15) is 53.4 Å². The molecule has 0 fully saturated rings. The number of ether oxygens (including phenoxy) is 1. The van der Waals surface area contributed by atoms with Crippen LogP contribution in [0.4, 0.5) is 0 Å². The second-order valence-electron chi connectivity index (χ2n) is 3.56. The molecule has 0 aromatic heterocycles. The Morgan fingerprint density at radius 2 is 2.00 bits per heavy atom. The largest absolute Gasteiger partial charge is 0.499 e. The van der Waals surface area contributed by atoms with Gasteiger partial charge in [-0.15, -0.1) is 0 Å². The highest BCUT2D eigenvalue weighted by atomic mass is 16.5. The van der Waals surface area contributed by atoms with Crippen molar-refractivity contribution in [1.82, 2.24) is 0 Å². The average Bonchev–Trinajstić information content (AvgIpc) is 2.14. The molecule has 0 aliphatic heterocycles. The second kappa shape index (κ2) is 8.15. The molecule has 0 N–H and O–H groups in total. The molecule has 0 rings (SSSR count). The van der Waals surface area contributed by atoms with Gasteiger partial charge in [-0.25, -0.2) is 0 Å². The van der Waals surface area contributed by atoms with E-state index in [4.69, 9.17) is 4.74 Å². The van der Waals surface area contributed by atoms with Crippen molar-refractivity contribution in [2.24, 2.45) is 5.92 Å². The van der Waals surface area contributed by atoms with Crippen LogP contribution in [0.5, 0.6) is 0 Å². The summed E-state index contributed by atoms with van der Waals surface area (Å²) in [6, 6.07) is 0. The Hall–Kier alpha value is -0.460. The minimum atomic E-state index is 0.798. The first-order valence-corrected chi connectivity index (χ1v) is 5.56. The van der Waals surface area contributed by atoms with Crippen LogP contribution in [0.25, 0.3) is 0 Å². The van der Waals surface area contributed by atoms with E-state index in [1.165, 1.54) is 18.6 Å². The van der Waals surface area contributed by atoms with Gasteiger partial charge in [0.05, 0.1) is 12.4 Å². The third-order valence-electron chi connectivity index (χ3n) is 2.34. The molecule has 0 saturated heterocycles. The van der Waals surface area contributed by atoms with Crippen LogP contribution in [0.15, 0.2) is 11.8 Å². The van der Waals surface area contributed by atoms with Gasteiger partial charge < -0.3 is 4.74 Å². The molecule has 0 heterocycles. The van der Waals surface area contributed by atoms with E-state index in [0.717, 1.165) is 25.4 Å². The van der Waals surface area contributed by atoms with Crippen molar-refractivity contribution in [3.8, 4) is 0 Å². The summed E-state index contributed by atoms with van der Waals surface area (Å²) in [5.41, 5.74) is 0. The van der Waals surface area contributed by atoms with Gasteiger partial charge >= 0.3 is 0 Å². The lowest BCUT2D eigenvalue weighted by molar-refractivity contribution is 0.212. The summed E-state index contributed by atoms with van der Waals surface area (Å²) >= 11 is 0. The fourth-order valence-electron chi connectivity index (χ4n) is 1.24. The maximum absolute atomic E-state index is 5.54. The molecule has 78 valence electrons. The second-order valence-corrected chi connectivity index (χ2v) is 3.56. The van der Waals surface area contributed by atoms with E-state index in [0.29, 0.717) is 0 Å². The molecular formula is C12H24O. The van der Waals surface area contributed by atoms with Gasteiger partial charge in [-0.2, -0.15) is 0 Å². The van der Waals surface area contributed by atoms with Crippen LogP contribution in [-0.4, -0.2) is 6.61 Å². The molecule has 0 amide bonds. The normalized spacial score (nSPS) is 14.3. The predicted octanol–water partition coefficient (Wildman–Crippen LogP) is 4.14. The fourth-order valence-corrected chi connectivity index (χ4v) is 1.24. The van der Waals surface area contributed by atoms with E-state index in [1.807, 2.05) is 6.92 Å². The fraction of sp³-hybridized carbons (Fsp3) is 0.833. The zero-order valence-corrected chi connectivity index (χ0v) is 9.60. The van der Waals surface area contributed by atoms with Gasteiger partial charge in [0.1, 0.15) is 0 Å². The molecule has 0 saturated carbocycles. The number of rotatable bonds is 7. The molecule has 0 aliphatic carbocycles. The van der Waals surface area contributed by atoms with Gasteiger partial charge in [-0.3, -0.25) is 0 Å². The van der Waals surface area contributed by atoms with E-state index in [-0.39, 0.29) is 0 Å². The molecular weight excluding hydrogens is 160 g/mol. The first-order valence-electron chi connectivity index (χ1n) is 5.56. The van der Waals surface area contributed by atoms with Crippen LogP contribution >= 0.6 is 0 Å². The van der Waals surface area contributed by atoms with Crippen LogP contribution < -0.4 is 0 Å². The van der Waals surface area contributed by atoms with Gasteiger partial charge in [0.25, 0.3) is 0 Å². The summed E-state index contributed by atoms with van der Waals surface area (Å²) in [6.45, 7) is 9.55. The molecule has 13 heavy (non-hydrogen) atoms. The lowest BCUT2D eigenvalue weighted by Crippen LogP contribution is -1.97. The van der Waals surface area contributed by atoms with E-state index < -0.39 is 0 Å². The van der Waals surface area contributed by atoms with Crippen LogP contribution in [0.3, 0.4) is 0 Å². The van der Waals surface area contributed by atoms with Crippen molar-refractivity contribution in [2.75, 3.05) is 6.61 Å². The third-order valence-corrected chi connectivity index (χ3v) is 2.34. The maximum atomic E-state index is 5.54. The molecule has 0 radical (unpaired) electrons. The smallest absolute Gasteiger partial charge is 0.0919 e. The monoisotopic (exact) mass is 184 g/mol. The maximum Gasteiger partial charge on any atom is 0.0919 e. The highest BCUT2D eigenvalue weighted by Crippen LogP contribution is 2.15. The molecule has 0 aromatic carbocycles. The van der Waals surface area contributed by atoms with Crippen molar-refractivity contribution < 1.29 is 4.74 Å². The average molecular weight is 184 g/mol. The summed E-state index contributed by atoms with van der Waals surface area (Å²) in [6.07, 6.45) is 6.91. The zero-order chi connectivity index (χ0) is 10.1. The van der Waals surface area contributed by atoms with Crippen molar-refractivity contribution in [3.63, 3.8) is 0 Å². The summed E-state index contributed by atoms with van der Waals surface area (Å²) in [5, 5.41) is 0. The molecule has 0 aliphatic rings. The van der Waals surface area contributed by atoms with E-state index in [9.17, 15) is 0 Å². The Kier molecular flexibility index (Phi) is 7.86. The Morgan fingerprint density at radius 3 is 2.46 bits per heavy atom. The predicted molar refractivity (Wildman–Crippen MR) is 58.7 cm³/mol. The Morgan fingerprint density at radius 1 is 1.31 bits per heavy atom. The topological polar surface area (TPSA) is 9.23 Å². The van der Waals surface area contributed by atoms with E-state index in [1.54, 1.807) is 0 Å². The lowest BCUT2D eigenvalue weighted by atomic mass is 10.0. The zero-order valence-electron chi connectivity index (χ0n) is 9.60. The van der Waals surface area contributed by atoms with Crippen LogP contribution in [0, 0.1) is 5.92 Å². The van der Waals surface area contributed by atoms with Gasteiger partial charge in [0, 0.05) is 6.42 Å². The highest BCUT2D eigenvalue weighted by molar-refractivity contribution is 4.92. The first-order chi connectivity index (χ1) is 6.24. The summed E-state index contributed by atoms with van der Waals surface area (Å²) in [4.78, 5) is 0. The summed E-state index contributed by atoms with van der Waals surface area (Å²) in [5.74, 6) is 2.01. The minimum absolute atomic E-state index is 0.798. The molecule has 1 unspecified atom stereocenters. The quantitative estimate of drug-likeness (QED) is 0.540. The minimum Gasteiger partial charge on any atom is -0.499 e. The third kappa shape index (κ3) is 6.68. The molecule has 1 heteroatoms. The van der Waals surface area contributed by atoms with Crippen molar-refractivity contribution in [2.45, 2.75) is 53.4 Å². The Bertz CT molecular complexity index is 138. The SMILES string of the molecule is CCC=C(CCC(C)CC)OCC. The molecule has 1 atom stereocenters. The number of hydrogen-bond donors (Lipinski definition) is 0. The Balaban J connectivity index is 3.75. The van der Waals surface area contributed by atoms with Gasteiger partial charge in [0.2, 0.25) is 0 Å². The van der Waals surface area contributed by atoms with Gasteiger partial charge in [-0.05, 0) is 31.8 Å². The van der Waals surface area contributed by atoms with Crippen molar-refractivity contribution in [3.05, 3.63) is 11.8 Å². The lowest BCUT2D eigenvalue weighted by Gasteiger charge is -2.11. The van der Waals surface area contributed by atoms with Crippen LogP contribution in [-0.2, 0) is 4.74 Å². The molecule has 0 aromatic rings. The van der Waals surface area contributed by atoms with Gasteiger partial charge in [-0.1, -0.05) is 27.2 Å². The first kappa shape index (κ1) is 12.5. The molecule has 1 nitrogen and oxygen atoms in total. The van der Waals surface area contributed by atoms with Crippen molar-refractivity contribution in [1.29, 1.82) is 0 Å². The standard InChI is InChI=1S/C12H24O/c1-5-8-12(13-7-3)10-9-11(4)6-2/h8,11H,5-7,9-10H2,1-4H3. The Labute approximate surface area is 83.2 Å². The molecule has 0 spiro atoms. The highest BCUT2D eigenvalue weighted by Gasteiger charge is 2.02.